The normalized spacial score (nSPS) is 11.8. The van der Waals surface area contributed by atoms with E-state index in [1.165, 1.54) is 24.3 Å². The zero-order valence-corrected chi connectivity index (χ0v) is 22.4. The van der Waals surface area contributed by atoms with Gasteiger partial charge < -0.3 is 9.47 Å². The molecule has 4 aromatic rings. The molecule has 5 rings (SSSR count). The number of ether oxygens (including phenoxy) is 2. The summed E-state index contributed by atoms with van der Waals surface area (Å²) in [5.41, 5.74) is 0.170. The van der Waals surface area contributed by atoms with Gasteiger partial charge in [-0.2, -0.15) is 21.0 Å². The first kappa shape index (κ1) is 31.1. The third-order valence-corrected chi connectivity index (χ3v) is 6.80. The van der Waals surface area contributed by atoms with Crippen molar-refractivity contribution in [3.05, 3.63) is 100 Å². The number of hydrogen-bond acceptors (Lipinski definition) is 6. The third kappa shape index (κ3) is 5.76. The van der Waals surface area contributed by atoms with E-state index in [0.29, 0.717) is 24.3 Å². The van der Waals surface area contributed by atoms with E-state index in [1.807, 2.05) is 12.1 Å². The molecule has 1 aliphatic carbocycles. The number of rotatable bonds is 4. The van der Waals surface area contributed by atoms with Crippen LogP contribution in [0.3, 0.4) is 0 Å². The summed E-state index contributed by atoms with van der Waals surface area (Å²) in [5.74, 6) is -5.03. The van der Waals surface area contributed by atoms with Gasteiger partial charge in [-0.05, 0) is 81.9 Å². The van der Waals surface area contributed by atoms with Crippen LogP contribution in [-0.2, 0) is 0 Å². The van der Waals surface area contributed by atoms with E-state index < -0.39 is 41.4 Å². The van der Waals surface area contributed by atoms with E-state index in [1.54, 1.807) is 12.1 Å². The molecule has 46 heavy (non-hydrogen) atoms. The third-order valence-electron chi connectivity index (χ3n) is 6.80. The number of nitriles is 4. The van der Waals surface area contributed by atoms with Crippen LogP contribution in [0.15, 0.2) is 66.2 Å². The average molecular weight is 634 g/mol. The Kier molecular flexibility index (Phi) is 7.61. The first-order chi connectivity index (χ1) is 21.7. The smallest absolute Gasteiger partial charge is 0.403 e. The monoisotopic (exact) mass is 634 g/mol. The highest BCUT2D eigenvalue weighted by Gasteiger charge is 2.34. The van der Waals surface area contributed by atoms with Crippen LogP contribution >= 0.6 is 0 Å². The summed E-state index contributed by atoms with van der Waals surface area (Å²) < 4.78 is 112. The van der Waals surface area contributed by atoms with Crippen LogP contribution in [0.4, 0.5) is 35.1 Å². The summed E-state index contributed by atoms with van der Waals surface area (Å²) in [6.45, 7) is 0. The molecule has 0 saturated heterocycles. The Morgan fingerprint density at radius 1 is 0.522 bits per heavy atom. The molecule has 6 nitrogen and oxygen atoms in total. The molecule has 0 bridgehead atoms. The number of nitrogens with zero attached hydrogens (tertiary/aromatic N) is 4. The van der Waals surface area contributed by atoms with Gasteiger partial charge in [0.15, 0.2) is 23.1 Å². The van der Waals surface area contributed by atoms with Gasteiger partial charge in [0, 0.05) is 16.7 Å². The molecule has 0 spiro atoms. The average Bonchev–Trinajstić information content (AvgIpc) is 3.29. The fraction of sp³-hybridized carbons (Fsp3) is 0.0625. The number of hydrogen-bond donors (Lipinski definition) is 0. The Morgan fingerprint density at radius 2 is 0.913 bits per heavy atom. The van der Waals surface area contributed by atoms with Crippen molar-refractivity contribution in [3.8, 4) is 69.2 Å². The van der Waals surface area contributed by atoms with Crippen LogP contribution in [-0.4, -0.2) is 12.7 Å². The Hall–Kier alpha value is -6.38. The van der Waals surface area contributed by atoms with Crippen molar-refractivity contribution in [2.75, 3.05) is 0 Å². The molecule has 4 aromatic carbocycles. The minimum atomic E-state index is -5.17. The van der Waals surface area contributed by atoms with Crippen molar-refractivity contribution in [2.24, 2.45) is 0 Å². The maximum atomic E-state index is 14.6. The van der Waals surface area contributed by atoms with Gasteiger partial charge in [-0.15, -0.1) is 26.3 Å². The van der Waals surface area contributed by atoms with Gasteiger partial charge in [0.1, 0.15) is 17.7 Å². The predicted molar refractivity (Wildman–Crippen MR) is 143 cm³/mol. The van der Waals surface area contributed by atoms with Gasteiger partial charge in [0.25, 0.3) is 0 Å². The van der Waals surface area contributed by atoms with Crippen LogP contribution in [0.1, 0.15) is 22.3 Å². The number of benzene rings is 4. The van der Waals surface area contributed by atoms with Crippen LogP contribution in [0, 0.1) is 57.0 Å². The molecule has 0 fully saturated rings. The van der Waals surface area contributed by atoms with E-state index in [4.69, 9.17) is 0 Å². The first-order valence-electron chi connectivity index (χ1n) is 12.5. The number of fused-ring (bicyclic) bond motifs is 3. The lowest BCUT2D eigenvalue weighted by Crippen LogP contribution is -2.17. The van der Waals surface area contributed by atoms with E-state index in [2.05, 4.69) is 9.47 Å². The van der Waals surface area contributed by atoms with E-state index in [-0.39, 0.29) is 61.2 Å². The highest BCUT2D eigenvalue weighted by atomic mass is 19.4. The Labute approximate surface area is 253 Å². The van der Waals surface area contributed by atoms with Gasteiger partial charge in [-0.1, -0.05) is 12.1 Å². The lowest BCUT2D eigenvalue weighted by atomic mass is 9.92. The van der Waals surface area contributed by atoms with Gasteiger partial charge in [0.2, 0.25) is 0 Å². The molecule has 14 heteroatoms. The molecule has 0 aliphatic heterocycles. The molecule has 0 N–H and O–H groups in total. The summed E-state index contributed by atoms with van der Waals surface area (Å²) in [7, 11) is 0. The highest BCUT2D eigenvalue weighted by Crippen LogP contribution is 2.50. The largest absolute Gasteiger partial charge is 0.573 e. The highest BCUT2D eigenvalue weighted by molar-refractivity contribution is 6.07. The molecule has 0 amide bonds. The Balaban J connectivity index is 1.72. The molecule has 0 aromatic heterocycles. The van der Waals surface area contributed by atoms with Crippen LogP contribution in [0.5, 0.6) is 11.5 Å². The van der Waals surface area contributed by atoms with Crippen molar-refractivity contribution >= 4 is 5.57 Å². The molecular weight excluding hydrogens is 624 g/mol. The first-order valence-corrected chi connectivity index (χ1v) is 12.5. The van der Waals surface area contributed by atoms with E-state index in [0.717, 1.165) is 12.1 Å². The van der Waals surface area contributed by atoms with Crippen molar-refractivity contribution < 1.29 is 44.6 Å². The number of alkyl halides is 6. The van der Waals surface area contributed by atoms with Gasteiger partial charge in [0.05, 0.1) is 23.3 Å². The second-order valence-corrected chi connectivity index (χ2v) is 9.47. The van der Waals surface area contributed by atoms with Gasteiger partial charge in [-0.25, -0.2) is 8.78 Å². The molecule has 1 aliphatic rings. The summed E-state index contributed by atoms with van der Waals surface area (Å²) in [6, 6.07) is 17.6. The molecule has 226 valence electrons. The number of halogens is 8. The summed E-state index contributed by atoms with van der Waals surface area (Å²) in [6.07, 6.45) is -10.3. The van der Waals surface area contributed by atoms with Gasteiger partial charge in [-0.3, -0.25) is 0 Å². The lowest BCUT2D eigenvalue weighted by Gasteiger charge is -2.13. The molecule has 0 heterocycles. The van der Waals surface area contributed by atoms with Crippen molar-refractivity contribution in [3.63, 3.8) is 0 Å². The lowest BCUT2D eigenvalue weighted by molar-refractivity contribution is -0.276. The summed E-state index contributed by atoms with van der Waals surface area (Å²) in [4.78, 5) is 0. The summed E-state index contributed by atoms with van der Waals surface area (Å²) in [5, 5.41) is 39.4. The Bertz CT molecular complexity index is 2010. The van der Waals surface area contributed by atoms with Crippen molar-refractivity contribution in [1.82, 2.24) is 0 Å². The second-order valence-electron chi connectivity index (χ2n) is 9.47. The van der Waals surface area contributed by atoms with Crippen LogP contribution in [0.25, 0.3) is 39.0 Å². The zero-order chi connectivity index (χ0) is 33.6. The number of allylic oxidation sites excluding steroid dienone is 1. The molecule has 0 atom stereocenters. The van der Waals surface area contributed by atoms with Crippen LogP contribution in [0.2, 0.25) is 0 Å². The maximum Gasteiger partial charge on any atom is 0.573 e. The SMILES string of the molecule is N#CC(C#N)=C1c2cc(-c3ccc(OC(F)(F)F)c(F)c3)c(C#N)cc2-c2cc(C#N)c(-c3ccc(OC(F)(F)F)c(F)c3)cc21. The van der Waals surface area contributed by atoms with Gasteiger partial charge >= 0.3 is 12.7 Å². The topological polar surface area (TPSA) is 114 Å². The minimum absolute atomic E-state index is 0.00136. The van der Waals surface area contributed by atoms with E-state index in [9.17, 15) is 56.2 Å². The maximum absolute atomic E-state index is 14.6. The van der Waals surface area contributed by atoms with Crippen LogP contribution < -0.4 is 9.47 Å². The van der Waals surface area contributed by atoms with E-state index >= 15 is 0 Å². The Morgan fingerprint density at radius 3 is 1.22 bits per heavy atom. The van der Waals surface area contributed by atoms with Crippen molar-refractivity contribution in [2.45, 2.75) is 12.7 Å². The molecule has 0 saturated carbocycles. The fourth-order valence-corrected chi connectivity index (χ4v) is 5.02. The molecular formula is C32H10F8N4O2. The minimum Gasteiger partial charge on any atom is -0.403 e. The summed E-state index contributed by atoms with van der Waals surface area (Å²) >= 11 is 0. The molecule has 0 unspecified atom stereocenters. The predicted octanol–water partition coefficient (Wildman–Crippen LogP) is 8.67. The second kappa shape index (κ2) is 11.3. The molecule has 0 radical (unpaired) electrons. The zero-order valence-electron chi connectivity index (χ0n) is 22.4. The van der Waals surface area contributed by atoms with Crippen molar-refractivity contribution in [1.29, 1.82) is 21.0 Å². The quantitative estimate of drug-likeness (QED) is 0.144. The fourth-order valence-electron chi connectivity index (χ4n) is 5.02. The standard InChI is InChI=1S/C32H10F8N4O2/c33-26-7-15(1-3-28(26)45-31(35,36)37)20-9-24-22(5-17(20)11-41)23-6-18(12-42)21(10-25(23)30(24)19(13-43)14-44)16-2-4-29(27(34)8-16)46-32(38,39)40/h1-10H.